The second-order valence-electron chi connectivity index (χ2n) is 3.56. The highest BCUT2D eigenvalue weighted by molar-refractivity contribution is 7.15. The number of nitrogens with two attached hydrogens (primary N) is 1. The van der Waals surface area contributed by atoms with Crippen LogP contribution in [-0.4, -0.2) is 11.5 Å². The Bertz CT molecular complexity index is 494. The molecule has 16 heavy (non-hydrogen) atoms. The summed E-state index contributed by atoms with van der Waals surface area (Å²) >= 11 is 1.58. The van der Waals surface area contributed by atoms with Crippen LogP contribution in [-0.2, 0) is 6.42 Å². The molecule has 0 saturated carbocycles. The van der Waals surface area contributed by atoms with Crippen LogP contribution >= 0.6 is 11.3 Å². The minimum Gasteiger partial charge on any atom is -0.330 e. The van der Waals surface area contributed by atoms with Crippen molar-refractivity contribution >= 4 is 11.3 Å². The van der Waals surface area contributed by atoms with E-state index in [1.54, 1.807) is 17.4 Å². The maximum absolute atomic E-state index is 13.1. The van der Waals surface area contributed by atoms with Gasteiger partial charge < -0.3 is 5.73 Å². The highest BCUT2D eigenvalue weighted by Crippen LogP contribution is 2.30. The van der Waals surface area contributed by atoms with Gasteiger partial charge in [0.1, 0.15) is 5.82 Å². The summed E-state index contributed by atoms with van der Waals surface area (Å²) in [5.74, 6) is -0.220. The number of aromatic nitrogens is 1. The van der Waals surface area contributed by atoms with E-state index in [9.17, 15) is 4.39 Å². The minimum absolute atomic E-state index is 0.220. The molecule has 4 heteroatoms. The molecule has 0 atom stereocenters. The van der Waals surface area contributed by atoms with E-state index in [0.29, 0.717) is 6.54 Å². The predicted molar refractivity (Wildman–Crippen MR) is 65.0 cm³/mol. The number of benzene rings is 1. The van der Waals surface area contributed by atoms with Crippen molar-refractivity contribution in [3.8, 4) is 10.4 Å². The minimum atomic E-state index is -0.220. The van der Waals surface area contributed by atoms with Crippen molar-refractivity contribution in [1.29, 1.82) is 0 Å². The molecule has 2 rings (SSSR count). The number of hydrogen-bond donors (Lipinski definition) is 1. The quantitative estimate of drug-likeness (QED) is 0.890. The zero-order chi connectivity index (χ0) is 11.5. The van der Waals surface area contributed by atoms with Gasteiger partial charge in [-0.2, -0.15) is 0 Å². The van der Waals surface area contributed by atoms with Crippen LogP contribution in [0.1, 0.15) is 10.7 Å². The largest absolute Gasteiger partial charge is 0.330 e. The fraction of sp³-hybridized carbons (Fsp3) is 0.250. The van der Waals surface area contributed by atoms with E-state index in [2.05, 4.69) is 4.98 Å². The first-order valence-electron chi connectivity index (χ1n) is 5.13. The summed E-state index contributed by atoms with van der Waals surface area (Å²) in [6, 6.07) is 6.59. The number of thiazole rings is 1. The fourth-order valence-electron chi connectivity index (χ4n) is 1.63. The molecule has 1 aromatic heterocycles. The topological polar surface area (TPSA) is 38.9 Å². The number of halogens is 1. The van der Waals surface area contributed by atoms with Crippen LogP contribution in [0.4, 0.5) is 4.39 Å². The van der Waals surface area contributed by atoms with Crippen LogP contribution < -0.4 is 5.73 Å². The van der Waals surface area contributed by atoms with Crippen molar-refractivity contribution in [2.45, 2.75) is 13.3 Å². The van der Waals surface area contributed by atoms with Crippen LogP contribution in [0.3, 0.4) is 0 Å². The van der Waals surface area contributed by atoms with E-state index < -0.39 is 0 Å². The third-order valence-corrected chi connectivity index (χ3v) is 3.33. The summed E-state index contributed by atoms with van der Waals surface area (Å²) in [4.78, 5) is 5.45. The van der Waals surface area contributed by atoms with Crippen LogP contribution in [0.15, 0.2) is 24.3 Å². The van der Waals surface area contributed by atoms with Gasteiger partial charge in [0.25, 0.3) is 0 Å². The summed E-state index contributed by atoms with van der Waals surface area (Å²) in [6.45, 7) is 2.51. The zero-order valence-electron chi connectivity index (χ0n) is 9.03. The van der Waals surface area contributed by atoms with Crippen LogP contribution in [0.2, 0.25) is 0 Å². The first kappa shape index (κ1) is 11.2. The van der Waals surface area contributed by atoms with E-state index in [1.807, 2.05) is 13.0 Å². The maximum Gasteiger partial charge on any atom is 0.123 e. The molecule has 0 saturated heterocycles. The van der Waals surface area contributed by atoms with Crippen molar-refractivity contribution < 1.29 is 4.39 Å². The standard InChI is InChI=1S/C12H13FN2S/c1-8-15-11(5-6-14)12(16-8)9-3-2-4-10(13)7-9/h2-4,7H,5-6,14H2,1H3. The van der Waals surface area contributed by atoms with Gasteiger partial charge in [-0.1, -0.05) is 12.1 Å². The van der Waals surface area contributed by atoms with Gasteiger partial charge >= 0.3 is 0 Å². The normalized spacial score (nSPS) is 10.7. The van der Waals surface area contributed by atoms with E-state index in [1.165, 1.54) is 12.1 Å². The molecule has 2 aromatic rings. The first-order chi connectivity index (χ1) is 7.70. The van der Waals surface area contributed by atoms with Gasteiger partial charge in [-0.3, -0.25) is 0 Å². The molecule has 0 amide bonds. The first-order valence-corrected chi connectivity index (χ1v) is 5.94. The van der Waals surface area contributed by atoms with Gasteiger partial charge in [0.15, 0.2) is 0 Å². The number of aryl methyl sites for hydroxylation is 1. The number of hydrogen-bond acceptors (Lipinski definition) is 3. The van der Waals surface area contributed by atoms with Crippen molar-refractivity contribution in [2.24, 2.45) is 5.73 Å². The Morgan fingerprint density at radius 1 is 1.44 bits per heavy atom. The highest BCUT2D eigenvalue weighted by Gasteiger charge is 2.10. The van der Waals surface area contributed by atoms with Gasteiger partial charge in [0, 0.05) is 6.42 Å². The molecule has 0 radical (unpaired) electrons. The fourth-order valence-corrected chi connectivity index (χ4v) is 2.59. The molecule has 0 bridgehead atoms. The SMILES string of the molecule is Cc1nc(CCN)c(-c2cccc(F)c2)s1. The second-order valence-corrected chi connectivity index (χ2v) is 4.76. The smallest absolute Gasteiger partial charge is 0.123 e. The number of nitrogens with zero attached hydrogens (tertiary/aromatic N) is 1. The lowest BCUT2D eigenvalue weighted by Crippen LogP contribution is -2.03. The van der Waals surface area contributed by atoms with Crippen molar-refractivity contribution in [2.75, 3.05) is 6.54 Å². The Kier molecular flexibility index (Phi) is 3.31. The van der Waals surface area contributed by atoms with E-state index in [0.717, 1.165) is 27.6 Å². The van der Waals surface area contributed by atoms with Gasteiger partial charge in [-0.05, 0) is 31.2 Å². The van der Waals surface area contributed by atoms with Crippen LogP contribution in [0, 0.1) is 12.7 Å². The average molecular weight is 236 g/mol. The van der Waals surface area contributed by atoms with Gasteiger partial charge in [-0.25, -0.2) is 9.37 Å². The molecule has 0 unspecified atom stereocenters. The Morgan fingerprint density at radius 3 is 2.94 bits per heavy atom. The lowest BCUT2D eigenvalue weighted by atomic mass is 10.1. The molecular formula is C12H13FN2S. The van der Waals surface area contributed by atoms with Crippen molar-refractivity contribution in [1.82, 2.24) is 4.98 Å². The molecule has 0 aliphatic rings. The molecule has 1 aromatic carbocycles. The molecular weight excluding hydrogens is 223 g/mol. The molecule has 2 N–H and O–H groups in total. The van der Waals surface area contributed by atoms with Crippen LogP contribution in [0.25, 0.3) is 10.4 Å². The molecule has 0 spiro atoms. The monoisotopic (exact) mass is 236 g/mol. The molecule has 2 nitrogen and oxygen atoms in total. The summed E-state index contributed by atoms with van der Waals surface area (Å²) in [5, 5.41) is 0.989. The van der Waals surface area contributed by atoms with E-state index in [-0.39, 0.29) is 5.82 Å². The second kappa shape index (κ2) is 4.72. The van der Waals surface area contributed by atoms with Crippen molar-refractivity contribution in [3.63, 3.8) is 0 Å². The third-order valence-electron chi connectivity index (χ3n) is 2.27. The van der Waals surface area contributed by atoms with Gasteiger partial charge in [0.2, 0.25) is 0 Å². The molecule has 84 valence electrons. The van der Waals surface area contributed by atoms with E-state index >= 15 is 0 Å². The summed E-state index contributed by atoms with van der Waals surface area (Å²) in [7, 11) is 0. The summed E-state index contributed by atoms with van der Waals surface area (Å²) in [5.41, 5.74) is 7.39. The highest BCUT2D eigenvalue weighted by atomic mass is 32.1. The average Bonchev–Trinajstić information content (AvgIpc) is 2.60. The Hall–Kier alpha value is -1.26. The van der Waals surface area contributed by atoms with Crippen LogP contribution in [0.5, 0.6) is 0 Å². The molecule has 1 heterocycles. The van der Waals surface area contributed by atoms with Gasteiger partial charge in [0.05, 0.1) is 15.6 Å². The maximum atomic E-state index is 13.1. The summed E-state index contributed by atoms with van der Waals surface area (Å²) < 4.78 is 13.1. The lowest BCUT2D eigenvalue weighted by Gasteiger charge is -2.01. The summed E-state index contributed by atoms with van der Waals surface area (Å²) in [6.07, 6.45) is 0.732. The zero-order valence-corrected chi connectivity index (χ0v) is 9.85. The number of rotatable bonds is 3. The van der Waals surface area contributed by atoms with Gasteiger partial charge in [-0.15, -0.1) is 11.3 Å². The Balaban J connectivity index is 2.46. The predicted octanol–water partition coefficient (Wildman–Crippen LogP) is 2.76. The Morgan fingerprint density at radius 2 is 2.25 bits per heavy atom. The molecule has 0 aliphatic heterocycles. The molecule has 0 fully saturated rings. The lowest BCUT2D eigenvalue weighted by molar-refractivity contribution is 0.628. The Labute approximate surface area is 97.9 Å². The van der Waals surface area contributed by atoms with E-state index in [4.69, 9.17) is 5.73 Å². The molecule has 0 aliphatic carbocycles. The third kappa shape index (κ3) is 2.28. The van der Waals surface area contributed by atoms with Crippen molar-refractivity contribution in [3.05, 3.63) is 40.8 Å².